The topological polar surface area (TPSA) is 85.2 Å². The SMILES string of the molecule is CNC(=O)c1cc(F)c(-c2nc3cc(C(F)F)ccn3c2CC2CN(C(=O)OC)CCO2)c(F)c1. The van der Waals surface area contributed by atoms with Crippen molar-refractivity contribution in [3.05, 3.63) is 58.9 Å². The van der Waals surface area contributed by atoms with E-state index in [2.05, 4.69) is 10.3 Å². The zero-order valence-electron chi connectivity index (χ0n) is 18.9. The number of ether oxygens (including phenoxy) is 2. The molecule has 3 aromatic rings. The van der Waals surface area contributed by atoms with Gasteiger partial charge in [0.2, 0.25) is 0 Å². The Morgan fingerprint density at radius 3 is 2.60 bits per heavy atom. The number of benzene rings is 1. The number of methoxy groups -OCH3 is 1. The highest BCUT2D eigenvalue weighted by Gasteiger charge is 2.29. The maximum Gasteiger partial charge on any atom is 0.409 e. The van der Waals surface area contributed by atoms with E-state index in [-0.39, 0.29) is 42.0 Å². The number of imidazole rings is 1. The Morgan fingerprint density at radius 1 is 1.26 bits per heavy atom. The van der Waals surface area contributed by atoms with Crippen molar-refractivity contribution in [2.75, 3.05) is 33.9 Å². The third kappa shape index (κ3) is 4.78. The predicted octanol–water partition coefficient (Wildman–Crippen LogP) is 3.59. The molecule has 1 aliphatic rings. The number of aromatic nitrogens is 2. The summed E-state index contributed by atoms with van der Waals surface area (Å²) < 4.78 is 68.7. The molecule has 35 heavy (non-hydrogen) atoms. The molecular formula is C23H22F4N4O4. The van der Waals surface area contributed by atoms with Crippen LogP contribution in [0, 0.1) is 11.6 Å². The maximum atomic E-state index is 15.1. The van der Waals surface area contributed by atoms with E-state index in [0.717, 1.165) is 18.2 Å². The highest BCUT2D eigenvalue weighted by molar-refractivity contribution is 5.94. The standard InChI is InChI=1S/C23H22F4N4O4/c1-28-22(32)13-7-15(24)19(16(25)8-13)20-17(10-14-11-30(5-6-35-14)23(33)34-2)31-4-3-12(21(26)27)9-18(31)29-20/h3-4,7-9,14,21H,5-6,10-11H2,1-2H3,(H,28,32). The Morgan fingerprint density at radius 2 is 1.97 bits per heavy atom. The Bertz CT molecular complexity index is 1260. The lowest BCUT2D eigenvalue weighted by atomic mass is 10.0. The highest BCUT2D eigenvalue weighted by atomic mass is 19.3. The molecule has 0 spiro atoms. The number of carbonyl (C=O) groups is 2. The van der Waals surface area contributed by atoms with Gasteiger partial charge in [0.05, 0.1) is 43.3 Å². The first kappa shape index (κ1) is 24.5. The van der Waals surface area contributed by atoms with Gasteiger partial charge in [-0.25, -0.2) is 27.3 Å². The fraction of sp³-hybridized carbons (Fsp3) is 0.348. The van der Waals surface area contributed by atoms with Crippen LogP contribution in [0.1, 0.15) is 28.0 Å². The van der Waals surface area contributed by atoms with E-state index >= 15 is 8.78 Å². The molecule has 2 aromatic heterocycles. The van der Waals surface area contributed by atoms with Crippen LogP contribution in [0.15, 0.2) is 30.5 Å². The average Bonchev–Trinajstić information content (AvgIpc) is 3.19. The molecule has 1 N–H and O–H groups in total. The van der Waals surface area contributed by atoms with E-state index < -0.39 is 41.7 Å². The summed E-state index contributed by atoms with van der Waals surface area (Å²) in [6.07, 6.45) is -2.47. The number of fused-ring (bicyclic) bond motifs is 1. The van der Waals surface area contributed by atoms with E-state index in [9.17, 15) is 18.4 Å². The summed E-state index contributed by atoms with van der Waals surface area (Å²) in [7, 11) is 2.58. The number of pyridine rings is 1. The lowest BCUT2D eigenvalue weighted by Crippen LogP contribution is -2.46. The quantitative estimate of drug-likeness (QED) is 0.548. The minimum Gasteiger partial charge on any atom is -0.453 e. The van der Waals surface area contributed by atoms with Crippen molar-refractivity contribution < 1.29 is 36.6 Å². The zero-order valence-corrected chi connectivity index (χ0v) is 18.9. The van der Waals surface area contributed by atoms with Crippen LogP contribution < -0.4 is 5.32 Å². The van der Waals surface area contributed by atoms with Crippen LogP contribution in [0.25, 0.3) is 16.9 Å². The van der Waals surface area contributed by atoms with E-state index in [0.29, 0.717) is 12.2 Å². The number of rotatable bonds is 5. The normalized spacial score (nSPS) is 16.1. The second-order valence-electron chi connectivity index (χ2n) is 7.90. The molecular weight excluding hydrogens is 472 g/mol. The lowest BCUT2D eigenvalue weighted by molar-refractivity contribution is -0.0241. The van der Waals surface area contributed by atoms with Gasteiger partial charge in [-0.05, 0) is 24.3 Å². The maximum absolute atomic E-state index is 15.1. The molecule has 0 radical (unpaired) electrons. The second-order valence-corrected chi connectivity index (χ2v) is 7.90. The molecule has 4 rings (SSSR count). The minimum atomic E-state index is -2.76. The number of hydrogen-bond acceptors (Lipinski definition) is 5. The molecule has 1 atom stereocenters. The Kier molecular flexibility index (Phi) is 6.92. The number of alkyl halides is 2. The third-order valence-electron chi connectivity index (χ3n) is 5.76. The van der Waals surface area contributed by atoms with Crippen LogP contribution >= 0.6 is 0 Å². The van der Waals surface area contributed by atoms with Gasteiger partial charge in [0.1, 0.15) is 17.3 Å². The molecule has 1 fully saturated rings. The van der Waals surface area contributed by atoms with E-state index in [1.807, 2.05) is 0 Å². The van der Waals surface area contributed by atoms with Gasteiger partial charge in [-0.1, -0.05) is 0 Å². The Balaban J connectivity index is 1.82. The predicted molar refractivity (Wildman–Crippen MR) is 116 cm³/mol. The van der Waals surface area contributed by atoms with Crippen LogP contribution in [0.2, 0.25) is 0 Å². The Hall–Kier alpha value is -3.67. The molecule has 3 heterocycles. The molecule has 1 unspecified atom stereocenters. The smallest absolute Gasteiger partial charge is 0.409 e. The molecule has 0 saturated carbocycles. The summed E-state index contributed by atoms with van der Waals surface area (Å²) in [6.45, 7) is 0.672. The lowest BCUT2D eigenvalue weighted by Gasteiger charge is -2.32. The number of morpholine rings is 1. The zero-order chi connectivity index (χ0) is 25.3. The highest BCUT2D eigenvalue weighted by Crippen LogP contribution is 2.33. The monoisotopic (exact) mass is 494 g/mol. The van der Waals surface area contributed by atoms with Gasteiger partial charge in [0.25, 0.3) is 12.3 Å². The van der Waals surface area contributed by atoms with Crippen LogP contribution in [0.4, 0.5) is 22.4 Å². The van der Waals surface area contributed by atoms with Gasteiger partial charge in [0.15, 0.2) is 0 Å². The van der Waals surface area contributed by atoms with Crippen molar-refractivity contribution in [1.29, 1.82) is 0 Å². The van der Waals surface area contributed by atoms with Crippen molar-refractivity contribution >= 4 is 17.6 Å². The van der Waals surface area contributed by atoms with E-state index in [4.69, 9.17) is 9.47 Å². The van der Waals surface area contributed by atoms with E-state index in [1.54, 1.807) is 0 Å². The van der Waals surface area contributed by atoms with Gasteiger partial charge in [-0.2, -0.15) is 0 Å². The van der Waals surface area contributed by atoms with Crippen LogP contribution in [0.5, 0.6) is 0 Å². The van der Waals surface area contributed by atoms with Gasteiger partial charge < -0.3 is 24.1 Å². The van der Waals surface area contributed by atoms with Gasteiger partial charge in [-0.15, -0.1) is 0 Å². The summed E-state index contributed by atoms with van der Waals surface area (Å²) in [4.78, 5) is 29.5. The molecule has 186 valence electrons. The van der Waals surface area contributed by atoms with Crippen molar-refractivity contribution in [3.8, 4) is 11.3 Å². The number of halogens is 4. The number of carbonyl (C=O) groups excluding carboxylic acids is 2. The van der Waals surface area contributed by atoms with Crippen molar-refractivity contribution in [1.82, 2.24) is 19.6 Å². The number of nitrogens with zero attached hydrogens (tertiary/aromatic N) is 3. The molecule has 1 aliphatic heterocycles. The van der Waals surface area contributed by atoms with E-state index in [1.165, 1.54) is 35.7 Å². The second kappa shape index (κ2) is 9.90. The van der Waals surface area contributed by atoms with Crippen molar-refractivity contribution in [3.63, 3.8) is 0 Å². The molecule has 12 heteroatoms. The first-order valence-corrected chi connectivity index (χ1v) is 10.7. The van der Waals surface area contributed by atoms with Crippen molar-refractivity contribution in [2.45, 2.75) is 19.0 Å². The third-order valence-corrected chi connectivity index (χ3v) is 5.76. The summed E-state index contributed by atoms with van der Waals surface area (Å²) in [5.74, 6) is -2.75. The number of nitrogens with one attached hydrogen (secondary N) is 1. The largest absolute Gasteiger partial charge is 0.453 e. The molecule has 1 aromatic carbocycles. The first-order chi connectivity index (χ1) is 16.7. The number of hydrogen-bond donors (Lipinski definition) is 1. The summed E-state index contributed by atoms with van der Waals surface area (Å²) in [5, 5.41) is 2.29. The molecule has 0 aliphatic carbocycles. The summed E-state index contributed by atoms with van der Waals surface area (Å²) in [5.41, 5.74) is -0.793. The first-order valence-electron chi connectivity index (χ1n) is 10.7. The summed E-state index contributed by atoms with van der Waals surface area (Å²) >= 11 is 0. The minimum absolute atomic E-state index is 0.0580. The fourth-order valence-corrected chi connectivity index (χ4v) is 4.07. The molecule has 1 saturated heterocycles. The van der Waals surface area contributed by atoms with Gasteiger partial charge in [0, 0.05) is 37.3 Å². The fourth-order valence-electron chi connectivity index (χ4n) is 4.07. The van der Waals surface area contributed by atoms with Gasteiger partial charge >= 0.3 is 6.09 Å². The van der Waals surface area contributed by atoms with Crippen molar-refractivity contribution in [2.24, 2.45) is 0 Å². The number of amides is 2. The Labute approximate surface area is 197 Å². The van der Waals surface area contributed by atoms with Crippen LogP contribution in [0.3, 0.4) is 0 Å². The average molecular weight is 494 g/mol. The van der Waals surface area contributed by atoms with Gasteiger partial charge in [-0.3, -0.25) is 4.79 Å². The molecule has 8 nitrogen and oxygen atoms in total. The van der Waals surface area contributed by atoms with Crippen LogP contribution in [-0.2, 0) is 15.9 Å². The molecule has 2 amide bonds. The molecule has 0 bridgehead atoms. The van der Waals surface area contributed by atoms with Crippen LogP contribution in [-0.4, -0.2) is 66.2 Å². The summed E-state index contributed by atoms with van der Waals surface area (Å²) in [6, 6.07) is 4.09.